The van der Waals surface area contributed by atoms with Gasteiger partial charge in [0.05, 0.1) is 11.3 Å². The number of hydrogen-bond acceptors (Lipinski definition) is 2. The molecule has 0 saturated carbocycles. The largest absolute Gasteiger partial charge is 0.355 e. The Labute approximate surface area is 137 Å². The van der Waals surface area contributed by atoms with Crippen LogP contribution in [-0.4, -0.2) is 24.9 Å². The lowest BCUT2D eigenvalue weighted by molar-refractivity contribution is 0.0828. The molecule has 0 aliphatic rings. The van der Waals surface area contributed by atoms with Crippen LogP contribution >= 0.6 is 22.6 Å². The van der Waals surface area contributed by atoms with E-state index in [1.165, 1.54) is 23.1 Å². The molecular formula is C16H16FIN2O. The van der Waals surface area contributed by atoms with Gasteiger partial charge in [0.1, 0.15) is 5.82 Å². The van der Waals surface area contributed by atoms with E-state index < -0.39 is 0 Å². The zero-order valence-corrected chi connectivity index (χ0v) is 14.2. The van der Waals surface area contributed by atoms with E-state index in [0.29, 0.717) is 11.3 Å². The van der Waals surface area contributed by atoms with Crippen molar-refractivity contribution in [3.8, 4) is 0 Å². The summed E-state index contributed by atoms with van der Waals surface area (Å²) in [6, 6.07) is 10.0. The van der Waals surface area contributed by atoms with E-state index in [0.717, 1.165) is 14.8 Å². The van der Waals surface area contributed by atoms with Crippen LogP contribution in [0.4, 0.5) is 15.8 Å². The van der Waals surface area contributed by atoms with E-state index in [9.17, 15) is 9.18 Å². The molecule has 0 bridgehead atoms. The first-order chi connectivity index (χ1) is 9.88. The highest BCUT2D eigenvalue weighted by Crippen LogP contribution is 2.26. The average molecular weight is 398 g/mol. The number of carbonyl (C=O) groups is 1. The van der Waals surface area contributed by atoms with Gasteiger partial charge < -0.3 is 10.2 Å². The number of halogens is 2. The second-order valence-electron chi connectivity index (χ2n) is 4.97. The minimum Gasteiger partial charge on any atom is -0.355 e. The van der Waals surface area contributed by atoms with Crippen molar-refractivity contribution in [1.29, 1.82) is 0 Å². The Balaban J connectivity index is 2.43. The Kier molecular flexibility index (Phi) is 4.82. The van der Waals surface area contributed by atoms with Crippen molar-refractivity contribution in [3.63, 3.8) is 0 Å². The fourth-order valence-electron chi connectivity index (χ4n) is 1.96. The molecule has 1 amide bonds. The minimum absolute atomic E-state index is 0.166. The van der Waals surface area contributed by atoms with Gasteiger partial charge in [-0.2, -0.15) is 0 Å². The molecule has 2 aromatic rings. The first-order valence-electron chi connectivity index (χ1n) is 6.43. The van der Waals surface area contributed by atoms with Gasteiger partial charge in [0.2, 0.25) is 0 Å². The third-order valence-electron chi connectivity index (χ3n) is 3.08. The van der Waals surface area contributed by atoms with E-state index in [1.54, 1.807) is 14.1 Å². The Morgan fingerprint density at radius 3 is 2.48 bits per heavy atom. The molecule has 0 aromatic heterocycles. The predicted octanol–water partition coefficient (Wildman–Crippen LogP) is 4.18. The van der Waals surface area contributed by atoms with Crippen LogP contribution in [-0.2, 0) is 0 Å². The van der Waals surface area contributed by atoms with E-state index in [-0.39, 0.29) is 11.7 Å². The van der Waals surface area contributed by atoms with Crippen LogP contribution in [0.3, 0.4) is 0 Å². The highest BCUT2D eigenvalue weighted by molar-refractivity contribution is 14.1. The number of rotatable bonds is 3. The maximum atomic E-state index is 13.5. The lowest BCUT2D eigenvalue weighted by atomic mass is 10.1. The van der Waals surface area contributed by atoms with Crippen LogP contribution < -0.4 is 5.32 Å². The maximum Gasteiger partial charge on any atom is 0.255 e. The minimum atomic E-state index is -0.379. The maximum absolute atomic E-state index is 13.5. The van der Waals surface area contributed by atoms with Crippen LogP contribution in [0.2, 0.25) is 0 Å². The number of anilines is 2. The SMILES string of the molecule is Cc1cc(I)ccc1Nc1cc(F)ccc1C(=O)N(C)C. The molecule has 0 aliphatic heterocycles. The molecule has 0 fully saturated rings. The van der Waals surface area contributed by atoms with Crippen LogP contribution in [0.5, 0.6) is 0 Å². The second kappa shape index (κ2) is 6.43. The molecule has 1 N–H and O–H groups in total. The lowest BCUT2D eigenvalue weighted by Gasteiger charge is -2.16. The summed E-state index contributed by atoms with van der Waals surface area (Å²) in [6.07, 6.45) is 0. The van der Waals surface area contributed by atoms with Crippen molar-refractivity contribution in [2.24, 2.45) is 0 Å². The van der Waals surface area contributed by atoms with E-state index in [2.05, 4.69) is 27.9 Å². The fourth-order valence-corrected chi connectivity index (χ4v) is 2.61. The first-order valence-corrected chi connectivity index (χ1v) is 7.50. The highest BCUT2D eigenvalue weighted by atomic mass is 127. The third kappa shape index (κ3) is 3.72. The van der Waals surface area contributed by atoms with Gasteiger partial charge in [0.15, 0.2) is 0 Å². The van der Waals surface area contributed by atoms with Gasteiger partial charge in [-0.3, -0.25) is 4.79 Å². The van der Waals surface area contributed by atoms with Crippen LogP contribution in [0, 0.1) is 16.3 Å². The molecule has 0 radical (unpaired) electrons. The van der Waals surface area contributed by atoms with Gasteiger partial charge in [-0.05, 0) is 71.5 Å². The number of carbonyl (C=O) groups excluding carboxylic acids is 1. The van der Waals surface area contributed by atoms with Gasteiger partial charge in [-0.25, -0.2) is 4.39 Å². The summed E-state index contributed by atoms with van der Waals surface area (Å²) in [5.74, 6) is -0.545. The predicted molar refractivity (Wildman–Crippen MR) is 91.6 cm³/mol. The molecular weight excluding hydrogens is 382 g/mol. The third-order valence-corrected chi connectivity index (χ3v) is 3.75. The first kappa shape index (κ1) is 15.8. The molecule has 0 unspecified atom stereocenters. The number of benzene rings is 2. The van der Waals surface area contributed by atoms with Crippen molar-refractivity contribution in [3.05, 3.63) is 56.9 Å². The molecule has 3 nitrogen and oxygen atoms in total. The van der Waals surface area contributed by atoms with Gasteiger partial charge in [-0.15, -0.1) is 0 Å². The average Bonchev–Trinajstić information content (AvgIpc) is 2.41. The van der Waals surface area contributed by atoms with Crippen LogP contribution in [0.25, 0.3) is 0 Å². The fraction of sp³-hybridized carbons (Fsp3) is 0.188. The second-order valence-corrected chi connectivity index (χ2v) is 6.22. The number of aryl methyl sites for hydroxylation is 1. The normalized spacial score (nSPS) is 10.3. The van der Waals surface area contributed by atoms with E-state index in [4.69, 9.17) is 0 Å². The van der Waals surface area contributed by atoms with E-state index in [1.807, 2.05) is 25.1 Å². The summed E-state index contributed by atoms with van der Waals surface area (Å²) in [4.78, 5) is 13.6. The number of hydrogen-bond donors (Lipinski definition) is 1. The number of nitrogens with zero attached hydrogens (tertiary/aromatic N) is 1. The molecule has 2 rings (SSSR count). The molecule has 0 spiro atoms. The zero-order chi connectivity index (χ0) is 15.6. The van der Waals surface area contributed by atoms with Gasteiger partial charge in [-0.1, -0.05) is 0 Å². The van der Waals surface area contributed by atoms with Crippen LogP contribution in [0.1, 0.15) is 15.9 Å². The van der Waals surface area contributed by atoms with Gasteiger partial charge in [0.25, 0.3) is 5.91 Å². The summed E-state index contributed by atoms with van der Waals surface area (Å²) in [7, 11) is 3.34. The van der Waals surface area contributed by atoms with Gasteiger partial charge in [0, 0.05) is 23.4 Å². The number of nitrogens with one attached hydrogen (secondary N) is 1. The molecule has 110 valence electrons. The van der Waals surface area contributed by atoms with Gasteiger partial charge >= 0.3 is 0 Å². The summed E-state index contributed by atoms with van der Waals surface area (Å²) in [5.41, 5.74) is 2.81. The zero-order valence-electron chi connectivity index (χ0n) is 12.1. The Morgan fingerprint density at radius 1 is 1.14 bits per heavy atom. The van der Waals surface area contributed by atoms with Crippen molar-refractivity contribution < 1.29 is 9.18 Å². The number of amides is 1. The van der Waals surface area contributed by atoms with Crippen molar-refractivity contribution in [2.45, 2.75) is 6.92 Å². The topological polar surface area (TPSA) is 32.3 Å². The Bertz CT molecular complexity index is 686. The molecule has 0 atom stereocenters. The van der Waals surface area contributed by atoms with Crippen molar-refractivity contribution in [1.82, 2.24) is 4.90 Å². The molecule has 0 saturated heterocycles. The smallest absolute Gasteiger partial charge is 0.255 e. The Hall–Kier alpha value is -1.63. The monoisotopic (exact) mass is 398 g/mol. The summed E-state index contributed by atoms with van der Waals surface area (Å²) in [5, 5.41) is 3.15. The molecule has 5 heteroatoms. The van der Waals surface area contributed by atoms with E-state index >= 15 is 0 Å². The summed E-state index contributed by atoms with van der Waals surface area (Å²) < 4.78 is 14.6. The summed E-state index contributed by atoms with van der Waals surface area (Å²) in [6.45, 7) is 1.97. The lowest BCUT2D eigenvalue weighted by Crippen LogP contribution is -2.22. The standard InChI is InChI=1S/C16H16FIN2O/c1-10-8-12(18)5-7-14(10)19-15-9-11(17)4-6-13(15)16(21)20(2)3/h4-9,19H,1-3H3. The molecule has 0 aliphatic carbocycles. The van der Waals surface area contributed by atoms with Crippen LogP contribution in [0.15, 0.2) is 36.4 Å². The molecule has 2 aromatic carbocycles. The summed E-state index contributed by atoms with van der Waals surface area (Å²) >= 11 is 2.24. The van der Waals surface area contributed by atoms with Crippen molar-refractivity contribution in [2.75, 3.05) is 19.4 Å². The molecule has 21 heavy (non-hydrogen) atoms. The highest BCUT2D eigenvalue weighted by Gasteiger charge is 2.15. The Morgan fingerprint density at radius 2 is 1.86 bits per heavy atom. The molecule has 0 heterocycles. The quantitative estimate of drug-likeness (QED) is 0.787. The van der Waals surface area contributed by atoms with Crippen molar-refractivity contribution >= 4 is 39.9 Å².